The maximum atomic E-state index is 3.72. The quantitative estimate of drug-likeness (QED) is 0.673. The number of nitrogens with one attached hydrogen (secondary N) is 1. The van der Waals surface area contributed by atoms with Gasteiger partial charge in [0.1, 0.15) is 0 Å². The van der Waals surface area contributed by atoms with Gasteiger partial charge < -0.3 is 10.2 Å². The first-order valence-electron chi connectivity index (χ1n) is 7.80. The molecule has 0 rings (SSSR count). The molecule has 0 radical (unpaired) electrons. The first-order chi connectivity index (χ1) is 8.32. The van der Waals surface area contributed by atoms with Crippen molar-refractivity contribution in [2.24, 2.45) is 5.41 Å². The molecule has 0 saturated carbocycles. The molecule has 0 aliphatic rings. The Kier molecular flexibility index (Phi) is 8.89. The first kappa shape index (κ1) is 17.9. The average Bonchev–Trinajstić information content (AvgIpc) is 2.25. The summed E-state index contributed by atoms with van der Waals surface area (Å²) in [5.74, 6) is 0. The molecule has 110 valence electrons. The first-order valence-corrected chi connectivity index (χ1v) is 7.80. The fourth-order valence-corrected chi connectivity index (χ4v) is 2.37. The van der Waals surface area contributed by atoms with Crippen molar-refractivity contribution in [3.63, 3.8) is 0 Å². The molecule has 0 aliphatic heterocycles. The zero-order valence-corrected chi connectivity index (χ0v) is 13.8. The normalized spacial score (nSPS) is 14.5. The van der Waals surface area contributed by atoms with E-state index in [2.05, 4.69) is 58.7 Å². The van der Waals surface area contributed by atoms with Crippen molar-refractivity contribution in [3.8, 4) is 0 Å². The van der Waals surface area contributed by atoms with Crippen LogP contribution in [0.2, 0.25) is 0 Å². The summed E-state index contributed by atoms with van der Waals surface area (Å²) in [5.41, 5.74) is 0.351. The molecule has 2 heteroatoms. The van der Waals surface area contributed by atoms with Gasteiger partial charge in [0, 0.05) is 12.1 Å². The molecule has 0 aromatic rings. The molecular weight excluding hydrogens is 220 g/mol. The Balaban J connectivity index is 4.30. The molecule has 0 amide bonds. The lowest BCUT2D eigenvalue weighted by molar-refractivity contribution is 0.178. The molecule has 0 fully saturated rings. The smallest absolute Gasteiger partial charge is 0.0128 e. The van der Waals surface area contributed by atoms with Gasteiger partial charge in [0.25, 0.3) is 0 Å². The van der Waals surface area contributed by atoms with E-state index in [-0.39, 0.29) is 0 Å². The van der Waals surface area contributed by atoms with Crippen molar-refractivity contribution < 1.29 is 0 Å². The highest BCUT2D eigenvalue weighted by Gasteiger charge is 2.24. The summed E-state index contributed by atoms with van der Waals surface area (Å²) in [6.45, 7) is 19.7. The van der Waals surface area contributed by atoms with Crippen LogP contribution in [-0.4, -0.2) is 36.6 Å². The Hall–Kier alpha value is -0.0800. The summed E-state index contributed by atoms with van der Waals surface area (Å²) < 4.78 is 0. The monoisotopic (exact) mass is 256 g/mol. The SMILES string of the molecule is CCCNC(CCN(CCC)C(C)C)C(C)(C)C. The minimum atomic E-state index is 0.351. The van der Waals surface area contributed by atoms with Crippen LogP contribution in [-0.2, 0) is 0 Å². The van der Waals surface area contributed by atoms with Crippen molar-refractivity contribution in [1.82, 2.24) is 10.2 Å². The highest BCUT2D eigenvalue weighted by atomic mass is 15.1. The summed E-state index contributed by atoms with van der Waals surface area (Å²) >= 11 is 0. The predicted octanol–water partition coefficient (Wildman–Crippen LogP) is 3.91. The lowest BCUT2D eigenvalue weighted by atomic mass is 9.84. The largest absolute Gasteiger partial charge is 0.313 e. The average molecular weight is 256 g/mol. The van der Waals surface area contributed by atoms with E-state index in [0.29, 0.717) is 17.5 Å². The van der Waals surface area contributed by atoms with Crippen molar-refractivity contribution in [3.05, 3.63) is 0 Å². The summed E-state index contributed by atoms with van der Waals surface area (Å²) in [6, 6.07) is 1.28. The number of hydrogen-bond donors (Lipinski definition) is 1. The van der Waals surface area contributed by atoms with Crippen LogP contribution in [0.25, 0.3) is 0 Å². The third-order valence-electron chi connectivity index (χ3n) is 3.63. The topological polar surface area (TPSA) is 15.3 Å². The van der Waals surface area contributed by atoms with E-state index < -0.39 is 0 Å². The summed E-state index contributed by atoms with van der Waals surface area (Å²) in [4.78, 5) is 2.60. The maximum absolute atomic E-state index is 3.72. The van der Waals surface area contributed by atoms with E-state index in [1.54, 1.807) is 0 Å². The van der Waals surface area contributed by atoms with E-state index in [1.165, 1.54) is 32.4 Å². The van der Waals surface area contributed by atoms with Crippen LogP contribution in [0.3, 0.4) is 0 Å². The van der Waals surface area contributed by atoms with Crippen LogP contribution in [0.15, 0.2) is 0 Å². The van der Waals surface area contributed by atoms with Gasteiger partial charge in [0.05, 0.1) is 0 Å². The van der Waals surface area contributed by atoms with Gasteiger partial charge in [-0.2, -0.15) is 0 Å². The van der Waals surface area contributed by atoms with Gasteiger partial charge in [0.15, 0.2) is 0 Å². The minimum absolute atomic E-state index is 0.351. The molecule has 2 nitrogen and oxygen atoms in total. The van der Waals surface area contributed by atoms with Crippen molar-refractivity contribution >= 4 is 0 Å². The highest BCUT2D eigenvalue weighted by Crippen LogP contribution is 2.22. The van der Waals surface area contributed by atoms with E-state index in [1.807, 2.05) is 0 Å². The van der Waals surface area contributed by atoms with Gasteiger partial charge in [-0.3, -0.25) is 0 Å². The molecule has 1 atom stereocenters. The molecule has 0 aliphatic carbocycles. The predicted molar refractivity (Wildman–Crippen MR) is 83.2 cm³/mol. The highest BCUT2D eigenvalue weighted by molar-refractivity contribution is 4.81. The molecular formula is C16H36N2. The number of nitrogens with zero attached hydrogens (tertiary/aromatic N) is 1. The van der Waals surface area contributed by atoms with E-state index in [4.69, 9.17) is 0 Å². The van der Waals surface area contributed by atoms with Gasteiger partial charge in [-0.15, -0.1) is 0 Å². The van der Waals surface area contributed by atoms with Crippen LogP contribution in [0.4, 0.5) is 0 Å². The molecule has 18 heavy (non-hydrogen) atoms. The van der Waals surface area contributed by atoms with Gasteiger partial charge in [0.2, 0.25) is 0 Å². The van der Waals surface area contributed by atoms with E-state index >= 15 is 0 Å². The summed E-state index contributed by atoms with van der Waals surface area (Å²) in [5, 5.41) is 3.72. The second-order valence-corrected chi connectivity index (χ2v) is 6.79. The van der Waals surface area contributed by atoms with Crippen LogP contribution in [0, 0.1) is 5.41 Å². The fourth-order valence-electron chi connectivity index (χ4n) is 2.37. The Morgan fingerprint density at radius 3 is 2.00 bits per heavy atom. The molecule has 0 bridgehead atoms. The molecule has 1 unspecified atom stereocenters. The van der Waals surface area contributed by atoms with E-state index in [0.717, 1.165) is 6.54 Å². The number of hydrogen-bond acceptors (Lipinski definition) is 2. The molecule has 0 aromatic heterocycles. The van der Waals surface area contributed by atoms with Gasteiger partial charge in [-0.1, -0.05) is 34.6 Å². The van der Waals surface area contributed by atoms with Crippen LogP contribution >= 0.6 is 0 Å². The van der Waals surface area contributed by atoms with Gasteiger partial charge >= 0.3 is 0 Å². The maximum Gasteiger partial charge on any atom is 0.0128 e. The third-order valence-corrected chi connectivity index (χ3v) is 3.63. The minimum Gasteiger partial charge on any atom is -0.313 e. The Bertz CT molecular complexity index is 194. The van der Waals surface area contributed by atoms with Crippen LogP contribution < -0.4 is 5.32 Å². The Morgan fingerprint density at radius 1 is 1.00 bits per heavy atom. The Morgan fingerprint density at radius 2 is 1.61 bits per heavy atom. The molecule has 1 N–H and O–H groups in total. The van der Waals surface area contributed by atoms with Crippen molar-refractivity contribution in [2.45, 2.75) is 79.8 Å². The van der Waals surface area contributed by atoms with Crippen molar-refractivity contribution in [2.75, 3.05) is 19.6 Å². The molecule has 0 saturated heterocycles. The summed E-state index contributed by atoms with van der Waals surface area (Å²) in [6.07, 6.45) is 3.72. The van der Waals surface area contributed by atoms with Crippen LogP contribution in [0.1, 0.15) is 67.7 Å². The zero-order chi connectivity index (χ0) is 14.2. The number of rotatable bonds is 9. The lowest BCUT2D eigenvalue weighted by Crippen LogP contribution is -2.44. The summed E-state index contributed by atoms with van der Waals surface area (Å²) in [7, 11) is 0. The van der Waals surface area contributed by atoms with Gasteiger partial charge in [-0.05, 0) is 58.2 Å². The van der Waals surface area contributed by atoms with Crippen LogP contribution in [0.5, 0.6) is 0 Å². The second kappa shape index (κ2) is 8.92. The lowest BCUT2D eigenvalue weighted by Gasteiger charge is -2.35. The molecule has 0 heterocycles. The zero-order valence-electron chi connectivity index (χ0n) is 13.8. The molecule has 0 spiro atoms. The van der Waals surface area contributed by atoms with Gasteiger partial charge in [-0.25, -0.2) is 0 Å². The molecule has 0 aromatic carbocycles. The Labute approximate surface area is 116 Å². The second-order valence-electron chi connectivity index (χ2n) is 6.79. The third kappa shape index (κ3) is 7.38. The standard InChI is InChI=1S/C16H36N2/c1-8-11-17-15(16(5,6)7)10-13-18(12-9-2)14(3)4/h14-15,17H,8-13H2,1-7H3. The van der Waals surface area contributed by atoms with E-state index in [9.17, 15) is 0 Å². The fraction of sp³-hybridized carbons (Fsp3) is 1.00. The van der Waals surface area contributed by atoms with Crippen molar-refractivity contribution in [1.29, 1.82) is 0 Å².